The van der Waals surface area contributed by atoms with Gasteiger partial charge in [-0.2, -0.15) is 11.8 Å². The van der Waals surface area contributed by atoms with Gasteiger partial charge in [-0.15, -0.1) is 0 Å². The van der Waals surface area contributed by atoms with E-state index in [-0.39, 0.29) is 10.6 Å². The average molecular weight is 295 g/mol. The summed E-state index contributed by atoms with van der Waals surface area (Å²) in [5, 5.41) is 0.396. The summed E-state index contributed by atoms with van der Waals surface area (Å²) in [6.07, 6.45) is 1.92. The minimum Gasteiger partial charge on any atom is -0.397 e. The molecule has 0 aliphatic rings. The summed E-state index contributed by atoms with van der Waals surface area (Å²) in [4.78, 5) is 0.151. The molecule has 1 rings (SSSR count). The second-order valence-electron chi connectivity index (χ2n) is 3.53. The number of hydrogen-bond donors (Lipinski definition) is 2. The SMILES string of the molecule is CSCCNS(=O)(=O)c1cc(C)c(Cl)c(N)c1. The van der Waals surface area contributed by atoms with Crippen LogP contribution in [-0.4, -0.2) is 27.0 Å². The molecular weight excluding hydrogens is 280 g/mol. The number of nitrogen functional groups attached to an aromatic ring is 1. The number of sulfonamides is 1. The Hall–Kier alpha value is -0.430. The first-order valence-electron chi connectivity index (χ1n) is 4.92. The lowest BCUT2D eigenvalue weighted by molar-refractivity contribution is 0.584. The molecule has 1 aromatic carbocycles. The summed E-state index contributed by atoms with van der Waals surface area (Å²) in [5.41, 5.74) is 6.57. The molecule has 1 aromatic rings. The van der Waals surface area contributed by atoms with Gasteiger partial charge in [0.15, 0.2) is 0 Å². The van der Waals surface area contributed by atoms with Crippen LogP contribution in [0, 0.1) is 6.92 Å². The third-order valence-corrected chi connectivity index (χ3v) is 4.73. The van der Waals surface area contributed by atoms with Crippen molar-refractivity contribution >= 4 is 39.1 Å². The first kappa shape index (κ1) is 14.6. The minimum absolute atomic E-state index is 0.151. The van der Waals surface area contributed by atoms with Crippen LogP contribution in [0.4, 0.5) is 5.69 Å². The molecule has 17 heavy (non-hydrogen) atoms. The maximum Gasteiger partial charge on any atom is 0.240 e. The van der Waals surface area contributed by atoms with Gasteiger partial charge in [0, 0.05) is 12.3 Å². The van der Waals surface area contributed by atoms with Gasteiger partial charge in [-0.1, -0.05) is 11.6 Å². The highest BCUT2D eigenvalue weighted by Crippen LogP contribution is 2.26. The van der Waals surface area contributed by atoms with Crippen LogP contribution in [0.25, 0.3) is 0 Å². The van der Waals surface area contributed by atoms with Crippen molar-refractivity contribution in [3.8, 4) is 0 Å². The molecule has 0 atom stereocenters. The van der Waals surface area contributed by atoms with Gasteiger partial charge in [0.25, 0.3) is 0 Å². The normalized spacial score (nSPS) is 11.7. The Morgan fingerprint density at radius 1 is 1.47 bits per heavy atom. The zero-order chi connectivity index (χ0) is 13.1. The van der Waals surface area contributed by atoms with E-state index in [0.717, 1.165) is 5.75 Å². The van der Waals surface area contributed by atoms with Crippen molar-refractivity contribution in [1.29, 1.82) is 0 Å². The number of aryl methyl sites for hydroxylation is 1. The fraction of sp³-hybridized carbons (Fsp3) is 0.400. The molecule has 4 nitrogen and oxygen atoms in total. The van der Waals surface area contributed by atoms with Crippen molar-refractivity contribution in [2.24, 2.45) is 0 Å². The highest BCUT2D eigenvalue weighted by atomic mass is 35.5. The maximum absolute atomic E-state index is 11.9. The second kappa shape index (κ2) is 5.95. The van der Waals surface area contributed by atoms with Gasteiger partial charge in [-0.25, -0.2) is 13.1 Å². The fourth-order valence-electron chi connectivity index (χ4n) is 1.28. The number of hydrogen-bond acceptors (Lipinski definition) is 4. The molecule has 0 aromatic heterocycles. The molecule has 0 amide bonds. The highest BCUT2D eigenvalue weighted by molar-refractivity contribution is 7.98. The zero-order valence-corrected chi connectivity index (χ0v) is 12.0. The Bertz CT molecular complexity index is 480. The number of rotatable bonds is 5. The highest BCUT2D eigenvalue weighted by Gasteiger charge is 2.15. The topological polar surface area (TPSA) is 72.2 Å². The number of benzene rings is 1. The third kappa shape index (κ3) is 3.77. The van der Waals surface area contributed by atoms with E-state index in [4.69, 9.17) is 17.3 Å². The van der Waals surface area contributed by atoms with Crippen LogP contribution in [0.3, 0.4) is 0 Å². The molecular formula is C10H15ClN2O2S2. The molecule has 0 radical (unpaired) electrons. The van der Waals surface area contributed by atoms with E-state index in [1.54, 1.807) is 18.7 Å². The smallest absolute Gasteiger partial charge is 0.240 e. The molecule has 3 N–H and O–H groups in total. The molecule has 0 spiro atoms. The van der Waals surface area contributed by atoms with E-state index in [0.29, 0.717) is 17.1 Å². The summed E-state index contributed by atoms with van der Waals surface area (Å²) >= 11 is 7.46. The Kier molecular flexibility index (Phi) is 5.12. The van der Waals surface area contributed by atoms with E-state index in [1.165, 1.54) is 12.1 Å². The van der Waals surface area contributed by atoms with Crippen molar-refractivity contribution in [2.75, 3.05) is 24.3 Å². The lowest BCUT2D eigenvalue weighted by atomic mass is 10.2. The first-order valence-corrected chi connectivity index (χ1v) is 8.18. The largest absolute Gasteiger partial charge is 0.397 e. The molecule has 0 heterocycles. The summed E-state index contributed by atoms with van der Waals surface area (Å²) in [6.45, 7) is 2.12. The van der Waals surface area contributed by atoms with Gasteiger partial charge in [0.1, 0.15) is 0 Å². The van der Waals surface area contributed by atoms with E-state index in [9.17, 15) is 8.42 Å². The molecule has 96 valence electrons. The van der Waals surface area contributed by atoms with Crippen LogP contribution in [-0.2, 0) is 10.0 Å². The van der Waals surface area contributed by atoms with Gasteiger partial charge in [-0.3, -0.25) is 0 Å². The quantitative estimate of drug-likeness (QED) is 0.642. The van der Waals surface area contributed by atoms with Crippen LogP contribution in [0.1, 0.15) is 5.56 Å². The van der Waals surface area contributed by atoms with Crippen molar-refractivity contribution in [2.45, 2.75) is 11.8 Å². The number of nitrogens with two attached hydrogens (primary N) is 1. The van der Waals surface area contributed by atoms with Gasteiger partial charge in [0.05, 0.1) is 15.6 Å². The lowest BCUT2D eigenvalue weighted by Gasteiger charge is -2.09. The molecule has 0 saturated heterocycles. The van der Waals surface area contributed by atoms with Gasteiger partial charge >= 0.3 is 0 Å². The van der Waals surface area contributed by atoms with Crippen molar-refractivity contribution in [1.82, 2.24) is 4.72 Å². The maximum atomic E-state index is 11.9. The first-order chi connectivity index (χ1) is 7.88. The third-order valence-electron chi connectivity index (χ3n) is 2.16. The van der Waals surface area contributed by atoms with Crippen LogP contribution in [0.5, 0.6) is 0 Å². The summed E-state index contributed by atoms with van der Waals surface area (Å²) in [7, 11) is -3.50. The number of nitrogens with one attached hydrogen (secondary N) is 1. The number of halogens is 1. The minimum atomic E-state index is -3.50. The molecule has 0 bridgehead atoms. The van der Waals surface area contributed by atoms with Crippen molar-refractivity contribution in [3.05, 3.63) is 22.7 Å². The monoisotopic (exact) mass is 294 g/mol. The van der Waals surface area contributed by atoms with E-state index >= 15 is 0 Å². The van der Waals surface area contributed by atoms with Crippen molar-refractivity contribution in [3.63, 3.8) is 0 Å². The Balaban J connectivity index is 2.99. The Morgan fingerprint density at radius 2 is 2.12 bits per heavy atom. The van der Waals surface area contributed by atoms with Crippen LogP contribution in [0.15, 0.2) is 17.0 Å². The number of thioether (sulfide) groups is 1. The predicted molar refractivity (Wildman–Crippen MR) is 74.2 cm³/mol. The van der Waals surface area contributed by atoms with Gasteiger partial charge in [0.2, 0.25) is 10.0 Å². The Morgan fingerprint density at radius 3 is 2.65 bits per heavy atom. The summed E-state index contributed by atoms with van der Waals surface area (Å²) in [6, 6.07) is 2.89. The molecule has 0 fully saturated rings. The Labute approximate surface area is 111 Å². The predicted octanol–water partition coefficient (Wildman–Crippen LogP) is 1.87. The zero-order valence-electron chi connectivity index (χ0n) is 9.66. The average Bonchev–Trinajstić information content (AvgIpc) is 2.25. The van der Waals surface area contributed by atoms with E-state index in [2.05, 4.69) is 4.72 Å². The van der Waals surface area contributed by atoms with Crippen LogP contribution in [0.2, 0.25) is 5.02 Å². The van der Waals surface area contributed by atoms with Crippen molar-refractivity contribution < 1.29 is 8.42 Å². The molecule has 0 saturated carbocycles. The molecule has 0 aliphatic carbocycles. The lowest BCUT2D eigenvalue weighted by Crippen LogP contribution is -2.26. The summed E-state index contributed by atoms with van der Waals surface area (Å²) in [5.74, 6) is 0.723. The van der Waals surface area contributed by atoms with E-state index in [1.807, 2.05) is 6.26 Å². The fourth-order valence-corrected chi connectivity index (χ4v) is 2.98. The van der Waals surface area contributed by atoms with Gasteiger partial charge < -0.3 is 5.73 Å². The molecule has 7 heteroatoms. The summed E-state index contributed by atoms with van der Waals surface area (Å²) < 4.78 is 26.3. The number of anilines is 1. The van der Waals surface area contributed by atoms with Gasteiger partial charge in [-0.05, 0) is 30.9 Å². The van der Waals surface area contributed by atoms with E-state index < -0.39 is 10.0 Å². The molecule has 0 unspecified atom stereocenters. The molecule has 0 aliphatic heterocycles. The second-order valence-corrected chi connectivity index (χ2v) is 6.66. The standard InChI is InChI=1S/C10H15ClN2O2S2/c1-7-5-8(6-9(12)10(7)11)17(14,15)13-3-4-16-2/h5-6,13H,3-4,12H2,1-2H3. The van der Waals surface area contributed by atoms with Crippen LogP contribution >= 0.6 is 23.4 Å². The van der Waals surface area contributed by atoms with Crippen LogP contribution < -0.4 is 10.5 Å².